The maximum absolute atomic E-state index is 11.3. The summed E-state index contributed by atoms with van der Waals surface area (Å²) in [5.74, 6) is -0.926. The number of halogens is 2. The number of benzene rings is 1. The number of carboxylic acid groups (broad SMARTS) is 1. The Labute approximate surface area is 114 Å². The van der Waals surface area contributed by atoms with Crippen LogP contribution in [0.5, 0.6) is 0 Å². The lowest BCUT2D eigenvalue weighted by Crippen LogP contribution is -2.35. The number of hydrogen-bond acceptors (Lipinski definition) is 2. The summed E-state index contributed by atoms with van der Waals surface area (Å²) >= 11 is 9.36. The summed E-state index contributed by atoms with van der Waals surface area (Å²) in [6, 6.07) is 4.54. The molecule has 0 spiro atoms. The zero-order chi connectivity index (χ0) is 13.0. The van der Waals surface area contributed by atoms with E-state index in [0.717, 1.165) is 10.9 Å². The first-order valence-corrected chi connectivity index (χ1v) is 6.56. The SMILES string of the molecule is CCC(C)NC(C(=O)O)c1cc(Br)ccc1Cl. The standard InChI is InChI=1S/C12H15BrClNO2/c1-3-7(2)15-11(12(16)17)9-6-8(13)4-5-10(9)14/h4-7,11,15H,3H2,1-2H3,(H,16,17). The number of hydrogen-bond donors (Lipinski definition) is 2. The van der Waals surface area contributed by atoms with Crippen molar-refractivity contribution < 1.29 is 9.90 Å². The van der Waals surface area contributed by atoms with Crippen molar-refractivity contribution in [3.63, 3.8) is 0 Å². The van der Waals surface area contributed by atoms with E-state index in [2.05, 4.69) is 21.2 Å². The molecule has 2 N–H and O–H groups in total. The first-order chi connectivity index (χ1) is 7.95. The second-order valence-corrected chi connectivity index (χ2v) is 5.24. The van der Waals surface area contributed by atoms with Crippen molar-refractivity contribution in [3.8, 4) is 0 Å². The van der Waals surface area contributed by atoms with Crippen LogP contribution in [-0.4, -0.2) is 17.1 Å². The average Bonchev–Trinajstić information content (AvgIpc) is 2.28. The van der Waals surface area contributed by atoms with E-state index >= 15 is 0 Å². The molecule has 1 aromatic carbocycles. The molecular weight excluding hydrogens is 305 g/mol. The van der Waals surface area contributed by atoms with Gasteiger partial charge in [-0.05, 0) is 37.1 Å². The molecular formula is C12H15BrClNO2. The highest BCUT2D eigenvalue weighted by atomic mass is 79.9. The van der Waals surface area contributed by atoms with Crippen molar-refractivity contribution in [3.05, 3.63) is 33.3 Å². The Bertz CT molecular complexity index is 411. The minimum atomic E-state index is -0.926. The molecule has 0 saturated heterocycles. The fraction of sp³-hybridized carbons (Fsp3) is 0.417. The van der Waals surface area contributed by atoms with Crippen molar-refractivity contribution in [1.82, 2.24) is 5.32 Å². The smallest absolute Gasteiger partial charge is 0.325 e. The molecule has 0 aliphatic carbocycles. The van der Waals surface area contributed by atoms with Crippen molar-refractivity contribution >= 4 is 33.5 Å². The molecule has 0 amide bonds. The van der Waals surface area contributed by atoms with E-state index in [1.54, 1.807) is 18.2 Å². The summed E-state index contributed by atoms with van der Waals surface area (Å²) in [5.41, 5.74) is 0.578. The highest BCUT2D eigenvalue weighted by Gasteiger charge is 2.23. The van der Waals surface area contributed by atoms with Gasteiger partial charge in [0.25, 0.3) is 0 Å². The minimum absolute atomic E-state index is 0.117. The van der Waals surface area contributed by atoms with Gasteiger partial charge in [0, 0.05) is 15.5 Å². The van der Waals surface area contributed by atoms with Crippen LogP contribution in [0, 0.1) is 0 Å². The van der Waals surface area contributed by atoms with Gasteiger partial charge in [-0.15, -0.1) is 0 Å². The van der Waals surface area contributed by atoms with Crippen LogP contribution in [0.2, 0.25) is 5.02 Å². The maximum atomic E-state index is 11.3. The van der Waals surface area contributed by atoms with E-state index in [-0.39, 0.29) is 6.04 Å². The topological polar surface area (TPSA) is 49.3 Å². The van der Waals surface area contributed by atoms with Gasteiger partial charge >= 0.3 is 5.97 Å². The molecule has 0 saturated carbocycles. The van der Waals surface area contributed by atoms with Crippen LogP contribution < -0.4 is 5.32 Å². The molecule has 3 nitrogen and oxygen atoms in total. The van der Waals surface area contributed by atoms with Gasteiger partial charge < -0.3 is 5.11 Å². The Balaban J connectivity index is 3.05. The Morgan fingerprint density at radius 3 is 2.76 bits per heavy atom. The van der Waals surface area contributed by atoms with Crippen LogP contribution in [0.3, 0.4) is 0 Å². The predicted octanol–water partition coefficient (Wildman–Crippen LogP) is 3.62. The van der Waals surface area contributed by atoms with E-state index in [0.29, 0.717) is 10.6 Å². The zero-order valence-electron chi connectivity index (χ0n) is 9.71. The van der Waals surface area contributed by atoms with Crippen molar-refractivity contribution in [2.75, 3.05) is 0 Å². The predicted molar refractivity (Wildman–Crippen MR) is 72.4 cm³/mol. The third-order valence-electron chi connectivity index (χ3n) is 2.58. The van der Waals surface area contributed by atoms with E-state index < -0.39 is 12.0 Å². The molecule has 0 aromatic heterocycles. The van der Waals surface area contributed by atoms with Gasteiger partial charge in [-0.1, -0.05) is 34.5 Å². The van der Waals surface area contributed by atoms with Crippen LogP contribution in [0.4, 0.5) is 0 Å². The van der Waals surface area contributed by atoms with E-state index in [1.807, 2.05) is 13.8 Å². The van der Waals surface area contributed by atoms with Gasteiger partial charge in [0.2, 0.25) is 0 Å². The lowest BCUT2D eigenvalue weighted by Gasteiger charge is -2.20. The fourth-order valence-corrected chi connectivity index (χ4v) is 2.04. The van der Waals surface area contributed by atoms with Gasteiger partial charge in [-0.3, -0.25) is 10.1 Å². The van der Waals surface area contributed by atoms with Crippen molar-refractivity contribution in [2.45, 2.75) is 32.4 Å². The monoisotopic (exact) mass is 319 g/mol. The summed E-state index contributed by atoms with van der Waals surface area (Å²) in [6.45, 7) is 3.95. The van der Waals surface area contributed by atoms with Crippen LogP contribution in [0.25, 0.3) is 0 Å². The molecule has 1 rings (SSSR count). The number of rotatable bonds is 5. The van der Waals surface area contributed by atoms with Crippen LogP contribution >= 0.6 is 27.5 Å². The molecule has 0 aliphatic heterocycles. The Morgan fingerprint density at radius 1 is 1.59 bits per heavy atom. The molecule has 94 valence electrons. The molecule has 0 fully saturated rings. The molecule has 1 aromatic rings. The van der Waals surface area contributed by atoms with Gasteiger partial charge in [0.1, 0.15) is 6.04 Å². The normalized spacial score (nSPS) is 14.4. The average molecular weight is 321 g/mol. The van der Waals surface area contributed by atoms with E-state index in [9.17, 15) is 9.90 Å². The number of aliphatic carboxylic acids is 1. The van der Waals surface area contributed by atoms with Crippen LogP contribution in [0.15, 0.2) is 22.7 Å². The van der Waals surface area contributed by atoms with E-state index in [1.165, 1.54) is 0 Å². The summed E-state index contributed by atoms with van der Waals surface area (Å²) in [5, 5.41) is 12.8. The third-order valence-corrected chi connectivity index (χ3v) is 3.42. The maximum Gasteiger partial charge on any atom is 0.325 e. The molecule has 0 aliphatic rings. The van der Waals surface area contributed by atoms with Crippen molar-refractivity contribution in [1.29, 1.82) is 0 Å². The largest absolute Gasteiger partial charge is 0.480 e. The summed E-state index contributed by atoms with van der Waals surface area (Å²) < 4.78 is 0.814. The molecule has 17 heavy (non-hydrogen) atoms. The van der Waals surface area contributed by atoms with Crippen molar-refractivity contribution in [2.24, 2.45) is 0 Å². The Morgan fingerprint density at radius 2 is 2.24 bits per heavy atom. The minimum Gasteiger partial charge on any atom is -0.480 e. The van der Waals surface area contributed by atoms with Gasteiger partial charge in [-0.2, -0.15) is 0 Å². The van der Waals surface area contributed by atoms with Gasteiger partial charge in [0.05, 0.1) is 0 Å². The number of carboxylic acids is 1. The van der Waals surface area contributed by atoms with Gasteiger partial charge in [0.15, 0.2) is 0 Å². The summed E-state index contributed by atoms with van der Waals surface area (Å²) in [7, 11) is 0. The lowest BCUT2D eigenvalue weighted by atomic mass is 10.1. The van der Waals surface area contributed by atoms with Crippen LogP contribution in [0.1, 0.15) is 31.9 Å². The highest BCUT2D eigenvalue weighted by molar-refractivity contribution is 9.10. The zero-order valence-corrected chi connectivity index (χ0v) is 12.0. The summed E-state index contributed by atoms with van der Waals surface area (Å²) in [4.78, 5) is 11.3. The summed E-state index contributed by atoms with van der Waals surface area (Å²) in [6.07, 6.45) is 0.857. The Hall–Kier alpha value is -0.580. The number of nitrogens with one attached hydrogen (secondary N) is 1. The third kappa shape index (κ3) is 3.98. The van der Waals surface area contributed by atoms with Gasteiger partial charge in [-0.25, -0.2) is 0 Å². The molecule has 5 heteroatoms. The first kappa shape index (κ1) is 14.5. The number of carbonyl (C=O) groups is 1. The Kier molecular flexibility index (Phi) is 5.43. The molecule has 2 unspecified atom stereocenters. The fourth-order valence-electron chi connectivity index (χ4n) is 1.43. The second kappa shape index (κ2) is 6.38. The molecule has 0 heterocycles. The quantitative estimate of drug-likeness (QED) is 0.871. The van der Waals surface area contributed by atoms with E-state index in [4.69, 9.17) is 11.6 Å². The molecule has 0 bridgehead atoms. The first-order valence-electron chi connectivity index (χ1n) is 5.39. The lowest BCUT2D eigenvalue weighted by molar-refractivity contribution is -0.139. The second-order valence-electron chi connectivity index (χ2n) is 3.91. The molecule has 2 atom stereocenters. The van der Waals surface area contributed by atoms with Crippen LogP contribution in [-0.2, 0) is 4.79 Å². The highest BCUT2D eigenvalue weighted by Crippen LogP contribution is 2.27. The molecule has 0 radical (unpaired) electrons.